The van der Waals surface area contributed by atoms with Crippen LogP contribution in [0.3, 0.4) is 0 Å². The summed E-state index contributed by atoms with van der Waals surface area (Å²) in [4.78, 5) is 10.2. The number of fused-ring (bicyclic) bond motifs is 1. The number of carbonyl (C=O) groups is 1. The summed E-state index contributed by atoms with van der Waals surface area (Å²) in [6.07, 6.45) is 5.95. The SMILES string of the molecule is O=CCC=Cc1ccc2c(c1)OCCCO2. The lowest BCUT2D eigenvalue weighted by Gasteiger charge is -2.07. The Morgan fingerprint density at radius 1 is 1.19 bits per heavy atom. The zero-order valence-electron chi connectivity index (χ0n) is 9.02. The molecule has 0 N–H and O–H groups in total. The van der Waals surface area contributed by atoms with Crippen molar-refractivity contribution in [2.24, 2.45) is 0 Å². The van der Waals surface area contributed by atoms with Crippen molar-refractivity contribution in [3.05, 3.63) is 29.8 Å². The predicted molar refractivity (Wildman–Crippen MR) is 61.8 cm³/mol. The highest BCUT2D eigenvalue weighted by atomic mass is 16.5. The second kappa shape index (κ2) is 5.35. The zero-order chi connectivity index (χ0) is 11.2. The number of hydrogen-bond donors (Lipinski definition) is 0. The van der Waals surface area contributed by atoms with Crippen LogP contribution in [0.15, 0.2) is 24.3 Å². The van der Waals surface area contributed by atoms with Crippen LogP contribution in [0.2, 0.25) is 0 Å². The van der Waals surface area contributed by atoms with Crippen LogP contribution >= 0.6 is 0 Å². The summed E-state index contributed by atoms with van der Waals surface area (Å²) in [7, 11) is 0. The third-order valence-electron chi connectivity index (χ3n) is 2.31. The highest BCUT2D eigenvalue weighted by Gasteiger charge is 2.09. The van der Waals surface area contributed by atoms with Crippen LogP contribution in [0.5, 0.6) is 11.5 Å². The Labute approximate surface area is 94.7 Å². The molecule has 1 aromatic rings. The van der Waals surface area contributed by atoms with Crippen molar-refractivity contribution in [1.82, 2.24) is 0 Å². The van der Waals surface area contributed by atoms with Gasteiger partial charge >= 0.3 is 0 Å². The zero-order valence-corrected chi connectivity index (χ0v) is 9.02. The van der Waals surface area contributed by atoms with Gasteiger partial charge in [-0.1, -0.05) is 18.2 Å². The lowest BCUT2D eigenvalue weighted by Crippen LogP contribution is -1.97. The number of hydrogen-bond acceptors (Lipinski definition) is 3. The fourth-order valence-electron chi connectivity index (χ4n) is 1.54. The summed E-state index contributed by atoms with van der Waals surface area (Å²) >= 11 is 0. The summed E-state index contributed by atoms with van der Waals surface area (Å²) in [5.41, 5.74) is 1.02. The fraction of sp³-hybridized carbons (Fsp3) is 0.308. The average molecular weight is 218 g/mol. The molecule has 1 aliphatic rings. The summed E-state index contributed by atoms with van der Waals surface area (Å²) < 4.78 is 11.1. The van der Waals surface area contributed by atoms with E-state index in [2.05, 4.69) is 0 Å². The number of benzene rings is 1. The molecule has 0 spiro atoms. The first-order valence-corrected chi connectivity index (χ1v) is 5.40. The second-order valence-corrected chi connectivity index (χ2v) is 3.56. The Bertz CT molecular complexity index is 396. The van der Waals surface area contributed by atoms with Gasteiger partial charge in [0.15, 0.2) is 11.5 Å². The minimum atomic E-state index is 0.439. The topological polar surface area (TPSA) is 35.5 Å². The Balaban J connectivity index is 2.17. The molecule has 1 aliphatic heterocycles. The maximum atomic E-state index is 10.2. The van der Waals surface area contributed by atoms with E-state index in [1.165, 1.54) is 0 Å². The van der Waals surface area contributed by atoms with Crippen molar-refractivity contribution in [2.75, 3.05) is 13.2 Å². The first-order chi connectivity index (χ1) is 7.90. The molecule has 0 radical (unpaired) electrons. The van der Waals surface area contributed by atoms with E-state index in [-0.39, 0.29) is 0 Å². The maximum Gasteiger partial charge on any atom is 0.161 e. The van der Waals surface area contributed by atoms with Crippen molar-refractivity contribution in [2.45, 2.75) is 12.8 Å². The Morgan fingerprint density at radius 3 is 2.81 bits per heavy atom. The van der Waals surface area contributed by atoms with Gasteiger partial charge in [-0.2, -0.15) is 0 Å². The predicted octanol–water partition coefficient (Wildman–Crippen LogP) is 2.45. The molecule has 3 heteroatoms. The fourth-order valence-corrected chi connectivity index (χ4v) is 1.54. The molecule has 16 heavy (non-hydrogen) atoms. The third-order valence-corrected chi connectivity index (χ3v) is 2.31. The molecule has 0 atom stereocenters. The van der Waals surface area contributed by atoms with Gasteiger partial charge < -0.3 is 14.3 Å². The van der Waals surface area contributed by atoms with Crippen LogP contribution < -0.4 is 9.47 Å². The Hall–Kier alpha value is -1.77. The lowest BCUT2D eigenvalue weighted by atomic mass is 10.2. The lowest BCUT2D eigenvalue weighted by molar-refractivity contribution is -0.107. The number of allylic oxidation sites excluding steroid dienone is 1. The van der Waals surface area contributed by atoms with Crippen molar-refractivity contribution >= 4 is 12.4 Å². The van der Waals surface area contributed by atoms with E-state index in [4.69, 9.17) is 9.47 Å². The highest BCUT2D eigenvalue weighted by molar-refractivity contribution is 5.60. The van der Waals surface area contributed by atoms with Crippen molar-refractivity contribution in [3.63, 3.8) is 0 Å². The van der Waals surface area contributed by atoms with Crippen LogP contribution in [-0.2, 0) is 4.79 Å². The first-order valence-electron chi connectivity index (χ1n) is 5.40. The number of carbonyl (C=O) groups excluding carboxylic acids is 1. The molecule has 1 heterocycles. The highest BCUT2D eigenvalue weighted by Crippen LogP contribution is 2.30. The molecule has 2 rings (SSSR count). The van der Waals surface area contributed by atoms with Gasteiger partial charge in [-0.25, -0.2) is 0 Å². The van der Waals surface area contributed by atoms with Gasteiger partial charge in [0, 0.05) is 12.8 Å². The van der Waals surface area contributed by atoms with Gasteiger partial charge in [0.05, 0.1) is 13.2 Å². The minimum absolute atomic E-state index is 0.439. The summed E-state index contributed by atoms with van der Waals surface area (Å²) in [5, 5.41) is 0. The smallest absolute Gasteiger partial charge is 0.161 e. The molecule has 0 bridgehead atoms. The van der Waals surface area contributed by atoms with Crippen molar-refractivity contribution in [3.8, 4) is 11.5 Å². The molecule has 84 valence electrons. The third kappa shape index (κ3) is 2.63. The van der Waals surface area contributed by atoms with Crippen LogP contribution in [0.4, 0.5) is 0 Å². The van der Waals surface area contributed by atoms with Crippen LogP contribution in [0.25, 0.3) is 6.08 Å². The Kier molecular flexibility index (Phi) is 3.59. The molecular formula is C13H14O3. The standard InChI is InChI=1S/C13H14O3/c14-7-2-1-4-11-5-6-12-13(10-11)16-9-3-8-15-12/h1,4-7,10H,2-3,8-9H2. The monoisotopic (exact) mass is 218 g/mol. The quantitative estimate of drug-likeness (QED) is 0.731. The van der Waals surface area contributed by atoms with E-state index in [1.54, 1.807) is 0 Å². The molecule has 3 nitrogen and oxygen atoms in total. The largest absolute Gasteiger partial charge is 0.490 e. The van der Waals surface area contributed by atoms with Crippen LogP contribution in [0, 0.1) is 0 Å². The van der Waals surface area contributed by atoms with Gasteiger partial charge in [0.1, 0.15) is 6.29 Å². The van der Waals surface area contributed by atoms with Gasteiger partial charge in [-0.3, -0.25) is 0 Å². The van der Waals surface area contributed by atoms with Crippen molar-refractivity contribution < 1.29 is 14.3 Å². The van der Waals surface area contributed by atoms with Gasteiger partial charge in [-0.05, 0) is 17.7 Å². The van der Waals surface area contributed by atoms with Crippen LogP contribution in [0.1, 0.15) is 18.4 Å². The number of aldehydes is 1. The van der Waals surface area contributed by atoms with Gasteiger partial charge in [0.25, 0.3) is 0 Å². The molecule has 0 aromatic heterocycles. The Morgan fingerprint density at radius 2 is 2.00 bits per heavy atom. The van der Waals surface area contributed by atoms with E-state index < -0.39 is 0 Å². The number of ether oxygens (including phenoxy) is 2. The summed E-state index contributed by atoms with van der Waals surface area (Å²) in [5.74, 6) is 1.58. The number of rotatable bonds is 3. The first kappa shape index (κ1) is 10.7. The molecule has 0 saturated heterocycles. The van der Waals surface area contributed by atoms with E-state index in [9.17, 15) is 4.79 Å². The molecular weight excluding hydrogens is 204 g/mol. The average Bonchev–Trinajstić information content (AvgIpc) is 2.54. The molecule has 1 aromatic carbocycles. The van der Waals surface area contributed by atoms with E-state index in [0.717, 1.165) is 29.8 Å². The van der Waals surface area contributed by atoms with Crippen LogP contribution in [-0.4, -0.2) is 19.5 Å². The maximum absolute atomic E-state index is 10.2. The van der Waals surface area contributed by atoms with E-state index in [1.807, 2.05) is 30.4 Å². The van der Waals surface area contributed by atoms with Crippen molar-refractivity contribution in [1.29, 1.82) is 0 Å². The van der Waals surface area contributed by atoms with E-state index >= 15 is 0 Å². The normalized spacial score (nSPS) is 14.8. The van der Waals surface area contributed by atoms with E-state index in [0.29, 0.717) is 19.6 Å². The van der Waals surface area contributed by atoms with Gasteiger partial charge in [0.2, 0.25) is 0 Å². The molecule has 0 amide bonds. The molecule has 0 saturated carbocycles. The second-order valence-electron chi connectivity index (χ2n) is 3.56. The summed E-state index contributed by atoms with van der Waals surface area (Å²) in [6.45, 7) is 1.39. The molecule has 0 unspecified atom stereocenters. The minimum Gasteiger partial charge on any atom is -0.490 e. The molecule has 0 aliphatic carbocycles. The summed E-state index contributed by atoms with van der Waals surface area (Å²) in [6, 6.07) is 5.79. The van der Waals surface area contributed by atoms with Gasteiger partial charge in [-0.15, -0.1) is 0 Å². The molecule has 0 fully saturated rings.